The van der Waals surface area contributed by atoms with Gasteiger partial charge < -0.3 is 14.4 Å². The number of nitro groups is 1. The summed E-state index contributed by atoms with van der Waals surface area (Å²) in [6, 6.07) is 4.23. The lowest BCUT2D eigenvalue weighted by Crippen LogP contribution is -2.21. The van der Waals surface area contributed by atoms with Crippen molar-refractivity contribution in [3.05, 3.63) is 62.0 Å². The summed E-state index contributed by atoms with van der Waals surface area (Å²) in [6.45, 7) is 8.67. The van der Waals surface area contributed by atoms with E-state index in [1.807, 2.05) is 19.9 Å². The van der Waals surface area contributed by atoms with Gasteiger partial charge in [-0.1, -0.05) is 30.6 Å². The molecule has 0 spiro atoms. The minimum Gasteiger partial charge on any atom is -0.500 e. The third-order valence-electron chi connectivity index (χ3n) is 4.88. The molecule has 2 aromatic rings. The molecule has 162 valence electrons. The highest BCUT2D eigenvalue weighted by Gasteiger charge is 2.19. The van der Waals surface area contributed by atoms with Crippen molar-refractivity contribution in [2.45, 2.75) is 59.9 Å². The molecule has 0 aliphatic heterocycles. The Kier molecular flexibility index (Phi) is 8.21. The third-order valence-corrected chi connectivity index (χ3v) is 4.88. The molecule has 1 aromatic carbocycles. The van der Waals surface area contributed by atoms with E-state index < -0.39 is 16.2 Å². The van der Waals surface area contributed by atoms with Crippen LogP contribution in [0.3, 0.4) is 0 Å². The number of allylic oxidation sites excluding steroid dienone is 3. The number of unbranched alkanes of at least 4 members (excludes halogenated alkanes) is 1. The quantitative estimate of drug-likeness (QED) is 0.315. The number of benzene rings is 1. The van der Waals surface area contributed by atoms with Crippen molar-refractivity contribution in [1.29, 1.82) is 0 Å². The monoisotopic (exact) mass is 414 g/mol. The topological polar surface area (TPSA) is 94.6 Å². The average molecular weight is 415 g/mol. The van der Waals surface area contributed by atoms with Crippen LogP contribution in [-0.4, -0.2) is 21.2 Å². The standard InChI is InChI=1S/C23H30N2O5/c1-5-6-13-24-20-15-18(25(28)29)10-11-19(20)22(21(26)23(24)27)30-14-12-17(4)9-7-8-16(2)3/h8,10-12,15,26H,5-7,9,13-14H2,1-4H3/b17-12+. The molecule has 2 rings (SSSR count). The van der Waals surface area contributed by atoms with Crippen LogP contribution in [0.5, 0.6) is 11.5 Å². The largest absolute Gasteiger partial charge is 0.500 e. The molecule has 0 aliphatic carbocycles. The zero-order valence-electron chi connectivity index (χ0n) is 18.1. The van der Waals surface area contributed by atoms with E-state index in [9.17, 15) is 20.0 Å². The number of nitro benzene ring substituents is 1. The number of pyridine rings is 1. The van der Waals surface area contributed by atoms with Crippen LogP contribution in [0.25, 0.3) is 10.9 Å². The molecule has 1 heterocycles. The van der Waals surface area contributed by atoms with Crippen molar-refractivity contribution in [2.24, 2.45) is 0 Å². The third kappa shape index (κ3) is 5.72. The first kappa shape index (κ1) is 23.2. The first-order valence-corrected chi connectivity index (χ1v) is 10.2. The molecular weight excluding hydrogens is 384 g/mol. The van der Waals surface area contributed by atoms with E-state index in [1.54, 1.807) is 0 Å². The van der Waals surface area contributed by atoms with Gasteiger partial charge in [-0.05, 0) is 52.2 Å². The van der Waals surface area contributed by atoms with Crippen LogP contribution in [0.15, 0.2) is 46.3 Å². The van der Waals surface area contributed by atoms with Crippen LogP contribution >= 0.6 is 0 Å². The smallest absolute Gasteiger partial charge is 0.297 e. The maximum absolute atomic E-state index is 12.7. The molecule has 0 radical (unpaired) electrons. The number of nitrogens with zero attached hydrogens (tertiary/aromatic N) is 2. The van der Waals surface area contributed by atoms with Crippen LogP contribution in [0.2, 0.25) is 0 Å². The maximum Gasteiger partial charge on any atom is 0.297 e. The van der Waals surface area contributed by atoms with Gasteiger partial charge in [0.1, 0.15) is 6.61 Å². The van der Waals surface area contributed by atoms with E-state index >= 15 is 0 Å². The molecule has 0 unspecified atom stereocenters. The van der Waals surface area contributed by atoms with Crippen LogP contribution in [0.4, 0.5) is 5.69 Å². The predicted octanol–water partition coefficient (Wildman–Crippen LogP) is 5.49. The first-order valence-electron chi connectivity index (χ1n) is 10.2. The van der Waals surface area contributed by atoms with E-state index in [2.05, 4.69) is 19.9 Å². The molecule has 0 saturated carbocycles. The van der Waals surface area contributed by atoms with Gasteiger partial charge in [-0.2, -0.15) is 0 Å². The van der Waals surface area contributed by atoms with E-state index in [4.69, 9.17) is 4.74 Å². The van der Waals surface area contributed by atoms with E-state index in [0.717, 1.165) is 24.8 Å². The highest BCUT2D eigenvalue weighted by molar-refractivity contribution is 5.89. The van der Waals surface area contributed by atoms with Gasteiger partial charge in [-0.25, -0.2) is 0 Å². The first-order chi connectivity index (χ1) is 14.3. The Bertz CT molecular complexity index is 1030. The van der Waals surface area contributed by atoms with E-state index in [0.29, 0.717) is 23.9 Å². The molecule has 7 heteroatoms. The fourth-order valence-electron chi connectivity index (χ4n) is 3.15. The number of hydrogen-bond donors (Lipinski definition) is 1. The summed E-state index contributed by atoms with van der Waals surface area (Å²) in [5, 5.41) is 22.2. The highest BCUT2D eigenvalue weighted by atomic mass is 16.6. The normalized spacial score (nSPS) is 11.5. The zero-order valence-corrected chi connectivity index (χ0v) is 18.1. The molecule has 1 aromatic heterocycles. The van der Waals surface area contributed by atoms with Crippen molar-refractivity contribution < 1.29 is 14.8 Å². The predicted molar refractivity (Wildman–Crippen MR) is 119 cm³/mol. The second-order valence-electron chi connectivity index (χ2n) is 7.63. The van der Waals surface area contributed by atoms with E-state index in [1.165, 1.54) is 28.3 Å². The summed E-state index contributed by atoms with van der Waals surface area (Å²) in [4.78, 5) is 23.4. The molecular formula is C23H30N2O5. The lowest BCUT2D eigenvalue weighted by Gasteiger charge is -2.15. The highest BCUT2D eigenvalue weighted by Crippen LogP contribution is 2.34. The molecule has 0 fully saturated rings. The van der Waals surface area contributed by atoms with Crippen molar-refractivity contribution in [2.75, 3.05) is 6.61 Å². The Hall–Kier alpha value is -3.09. The van der Waals surface area contributed by atoms with Crippen molar-refractivity contribution >= 4 is 16.6 Å². The molecule has 0 bridgehead atoms. The molecule has 1 N–H and O–H groups in total. The SMILES string of the molecule is CCCCn1c(=O)c(O)c(OC/C=C(\C)CCC=C(C)C)c2ccc([N+](=O)[O-])cc21. The van der Waals surface area contributed by atoms with Crippen molar-refractivity contribution in [3.63, 3.8) is 0 Å². The van der Waals surface area contributed by atoms with Gasteiger partial charge in [-0.15, -0.1) is 0 Å². The summed E-state index contributed by atoms with van der Waals surface area (Å²) in [5.41, 5.74) is 2.09. The number of ether oxygens (including phenoxy) is 1. The summed E-state index contributed by atoms with van der Waals surface area (Å²) in [6.07, 6.45) is 7.48. The summed E-state index contributed by atoms with van der Waals surface area (Å²) in [5.74, 6) is -0.408. The molecule has 0 amide bonds. The van der Waals surface area contributed by atoms with E-state index in [-0.39, 0.29) is 18.0 Å². The van der Waals surface area contributed by atoms with Crippen LogP contribution < -0.4 is 10.3 Å². The number of non-ortho nitro benzene ring substituents is 1. The van der Waals surface area contributed by atoms with Crippen LogP contribution in [-0.2, 0) is 6.54 Å². The minimum atomic E-state index is -0.601. The Balaban J connectivity index is 2.40. The summed E-state index contributed by atoms with van der Waals surface area (Å²) in [7, 11) is 0. The zero-order chi connectivity index (χ0) is 22.3. The summed E-state index contributed by atoms with van der Waals surface area (Å²) < 4.78 is 7.15. The average Bonchev–Trinajstić information content (AvgIpc) is 2.70. The van der Waals surface area contributed by atoms with Gasteiger partial charge in [0.05, 0.1) is 10.4 Å². The molecule has 0 atom stereocenters. The number of rotatable bonds is 10. The van der Waals surface area contributed by atoms with Crippen LogP contribution in [0, 0.1) is 10.1 Å². The van der Waals surface area contributed by atoms with Crippen molar-refractivity contribution in [1.82, 2.24) is 4.57 Å². The lowest BCUT2D eigenvalue weighted by atomic mass is 10.1. The number of fused-ring (bicyclic) bond motifs is 1. The van der Waals surface area contributed by atoms with Gasteiger partial charge in [0.25, 0.3) is 11.2 Å². The Morgan fingerprint density at radius 3 is 2.63 bits per heavy atom. The van der Waals surface area contributed by atoms with Crippen molar-refractivity contribution in [3.8, 4) is 11.5 Å². The Morgan fingerprint density at radius 1 is 1.27 bits per heavy atom. The maximum atomic E-state index is 12.7. The number of hydrogen-bond acceptors (Lipinski definition) is 5. The van der Waals surface area contributed by atoms with Gasteiger partial charge in [0.15, 0.2) is 5.75 Å². The van der Waals surface area contributed by atoms with Gasteiger partial charge in [0.2, 0.25) is 5.75 Å². The van der Waals surface area contributed by atoms with Gasteiger partial charge in [0, 0.05) is 24.1 Å². The second-order valence-corrected chi connectivity index (χ2v) is 7.63. The number of aryl methyl sites for hydroxylation is 1. The summed E-state index contributed by atoms with van der Waals surface area (Å²) >= 11 is 0. The minimum absolute atomic E-state index is 0.0611. The van der Waals surface area contributed by atoms with Crippen LogP contribution in [0.1, 0.15) is 53.4 Å². The molecule has 30 heavy (non-hydrogen) atoms. The molecule has 7 nitrogen and oxygen atoms in total. The fourth-order valence-corrected chi connectivity index (χ4v) is 3.15. The molecule has 0 saturated heterocycles. The molecule has 0 aliphatic rings. The fraction of sp³-hybridized carbons (Fsp3) is 0.435. The lowest BCUT2D eigenvalue weighted by molar-refractivity contribution is -0.384. The Morgan fingerprint density at radius 2 is 2.00 bits per heavy atom. The van der Waals surface area contributed by atoms with Gasteiger partial charge >= 0.3 is 0 Å². The number of aromatic nitrogens is 1. The van der Waals surface area contributed by atoms with Gasteiger partial charge in [-0.3, -0.25) is 14.9 Å². The Labute approximate surface area is 176 Å². The number of aromatic hydroxyl groups is 1. The second kappa shape index (κ2) is 10.6.